The molecular formula is C18H21F2N3O4. The van der Waals surface area contributed by atoms with Crippen molar-refractivity contribution in [3.05, 3.63) is 29.8 Å². The Morgan fingerprint density at radius 1 is 1.07 bits per heavy atom. The first-order valence-corrected chi connectivity index (χ1v) is 8.86. The molecule has 0 aliphatic carbocycles. The molecule has 1 unspecified atom stereocenters. The second-order valence-electron chi connectivity index (χ2n) is 6.54. The second-order valence-corrected chi connectivity index (χ2v) is 6.54. The number of nitrogens with zero attached hydrogens (tertiary/aromatic N) is 3. The molecule has 0 saturated carbocycles. The summed E-state index contributed by atoms with van der Waals surface area (Å²) in [5, 5.41) is 0. The number of carbonyl (C=O) groups excluding carboxylic acids is 3. The van der Waals surface area contributed by atoms with Crippen LogP contribution in [0.25, 0.3) is 0 Å². The van der Waals surface area contributed by atoms with Crippen LogP contribution in [-0.2, 0) is 14.3 Å². The summed E-state index contributed by atoms with van der Waals surface area (Å²) in [6, 6.07) is 2.88. The van der Waals surface area contributed by atoms with Crippen LogP contribution in [0.3, 0.4) is 0 Å². The number of ether oxygens (including phenoxy) is 1. The first-order valence-electron chi connectivity index (χ1n) is 8.86. The van der Waals surface area contributed by atoms with Gasteiger partial charge >= 0.3 is 6.09 Å². The minimum Gasteiger partial charge on any atom is -0.450 e. The summed E-state index contributed by atoms with van der Waals surface area (Å²) in [6.45, 7) is 3.55. The van der Waals surface area contributed by atoms with Crippen LogP contribution < -0.4 is 4.90 Å². The fourth-order valence-electron chi connectivity index (χ4n) is 3.40. The van der Waals surface area contributed by atoms with Gasteiger partial charge in [-0.1, -0.05) is 0 Å². The molecule has 146 valence electrons. The Morgan fingerprint density at radius 2 is 1.67 bits per heavy atom. The Bertz CT molecular complexity index is 730. The van der Waals surface area contributed by atoms with Crippen LogP contribution in [0, 0.1) is 17.6 Å². The number of hydrogen-bond acceptors (Lipinski definition) is 4. The lowest BCUT2D eigenvalue weighted by Gasteiger charge is -2.35. The molecule has 0 N–H and O–H groups in total. The van der Waals surface area contributed by atoms with E-state index < -0.39 is 23.6 Å². The molecule has 1 aromatic carbocycles. The third-order valence-corrected chi connectivity index (χ3v) is 4.75. The van der Waals surface area contributed by atoms with Gasteiger partial charge in [-0.3, -0.25) is 9.59 Å². The summed E-state index contributed by atoms with van der Waals surface area (Å²) < 4.78 is 31.8. The molecule has 0 spiro atoms. The number of rotatable bonds is 3. The topological polar surface area (TPSA) is 70.2 Å². The summed E-state index contributed by atoms with van der Waals surface area (Å²) in [4.78, 5) is 41.1. The number of hydrogen-bond donors (Lipinski definition) is 0. The van der Waals surface area contributed by atoms with E-state index >= 15 is 0 Å². The quantitative estimate of drug-likeness (QED) is 0.798. The van der Waals surface area contributed by atoms with Crippen LogP contribution in [0.2, 0.25) is 0 Å². The molecule has 3 rings (SSSR count). The Labute approximate surface area is 155 Å². The highest BCUT2D eigenvalue weighted by molar-refractivity contribution is 6.00. The molecule has 1 atom stereocenters. The standard InChI is InChI=1S/C18H21F2N3O4/c1-2-27-18(26)22-5-3-21(4-6-22)17(25)12-7-16(24)23(11-12)15-9-13(19)8-14(20)10-15/h8-10,12H,2-7,11H2,1H3. The molecule has 2 saturated heterocycles. The van der Waals surface area contributed by atoms with Crippen LogP contribution in [0.5, 0.6) is 0 Å². The summed E-state index contributed by atoms with van der Waals surface area (Å²) in [6.07, 6.45) is -0.408. The zero-order valence-electron chi connectivity index (χ0n) is 15.0. The first kappa shape index (κ1) is 19.1. The molecule has 0 radical (unpaired) electrons. The van der Waals surface area contributed by atoms with E-state index in [-0.39, 0.29) is 30.5 Å². The van der Waals surface area contributed by atoms with Crippen LogP contribution in [-0.4, -0.2) is 67.0 Å². The zero-order valence-corrected chi connectivity index (χ0v) is 15.0. The molecule has 3 amide bonds. The lowest BCUT2D eigenvalue weighted by Crippen LogP contribution is -2.52. The SMILES string of the molecule is CCOC(=O)N1CCN(C(=O)C2CC(=O)N(c3cc(F)cc(F)c3)C2)CC1. The number of piperazine rings is 1. The van der Waals surface area contributed by atoms with Crippen LogP contribution >= 0.6 is 0 Å². The number of halogens is 2. The molecule has 0 bridgehead atoms. The van der Waals surface area contributed by atoms with Crippen molar-refractivity contribution in [3.8, 4) is 0 Å². The van der Waals surface area contributed by atoms with Crippen LogP contribution in [0.4, 0.5) is 19.3 Å². The van der Waals surface area contributed by atoms with Crippen molar-refractivity contribution in [2.24, 2.45) is 5.92 Å². The highest BCUT2D eigenvalue weighted by atomic mass is 19.1. The maximum atomic E-state index is 13.4. The Balaban J connectivity index is 1.60. The van der Waals surface area contributed by atoms with E-state index in [0.29, 0.717) is 32.8 Å². The van der Waals surface area contributed by atoms with Gasteiger partial charge in [-0.05, 0) is 19.1 Å². The fourth-order valence-corrected chi connectivity index (χ4v) is 3.40. The summed E-state index contributed by atoms with van der Waals surface area (Å²) >= 11 is 0. The summed E-state index contributed by atoms with van der Waals surface area (Å²) in [5.41, 5.74) is 0.111. The van der Waals surface area contributed by atoms with Crippen molar-refractivity contribution < 1.29 is 27.9 Å². The average Bonchev–Trinajstić information content (AvgIpc) is 3.02. The molecule has 9 heteroatoms. The fraction of sp³-hybridized carbons (Fsp3) is 0.500. The minimum absolute atomic E-state index is 0.00490. The van der Waals surface area contributed by atoms with Crippen LogP contribution in [0.1, 0.15) is 13.3 Å². The molecule has 27 heavy (non-hydrogen) atoms. The molecule has 0 aromatic heterocycles. The van der Waals surface area contributed by atoms with Crippen LogP contribution in [0.15, 0.2) is 18.2 Å². The Morgan fingerprint density at radius 3 is 2.26 bits per heavy atom. The minimum atomic E-state index is -0.775. The maximum absolute atomic E-state index is 13.4. The van der Waals surface area contributed by atoms with Gasteiger partial charge in [0.2, 0.25) is 11.8 Å². The van der Waals surface area contributed by atoms with Gasteiger partial charge in [0.1, 0.15) is 11.6 Å². The van der Waals surface area contributed by atoms with Gasteiger partial charge < -0.3 is 19.4 Å². The number of carbonyl (C=O) groups is 3. The lowest BCUT2D eigenvalue weighted by atomic mass is 10.1. The van der Waals surface area contributed by atoms with E-state index in [1.54, 1.807) is 11.8 Å². The molecule has 1 aromatic rings. The van der Waals surface area contributed by atoms with E-state index in [1.807, 2.05) is 0 Å². The van der Waals surface area contributed by atoms with Gasteiger partial charge in [-0.2, -0.15) is 0 Å². The van der Waals surface area contributed by atoms with Gasteiger partial charge in [0.05, 0.1) is 12.5 Å². The predicted octanol–water partition coefficient (Wildman–Crippen LogP) is 1.62. The van der Waals surface area contributed by atoms with Gasteiger partial charge in [-0.25, -0.2) is 13.6 Å². The van der Waals surface area contributed by atoms with Crippen molar-refractivity contribution >= 4 is 23.6 Å². The smallest absolute Gasteiger partial charge is 0.409 e. The maximum Gasteiger partial charge on any atom is 0.409 e. The van der Waals surface area contributed by atoms with Crippen molar-refractivity contribution in [3.63, 3.8) is 0 Å². The third kappa shape index (κ3) is 4.17. The molecule has 2 fully saturated rings. The van der Waals surface area contributed by atoms with Gasteiger partial charge in [0, 0.05) is 50.9 Å². The van der Waals surface area contributed by atoms with E-state index in [2.05, 4.69) is 0 Å². The number of benzene rings is 1. The summed E-state index contributed by atoms with van der Waals surface area (Å²) in [7, 11) is 0. The average molecular weight is 381 g/mol. The van der Waals surface area contributed by atoms with E-state index in [9.17, 15) is 23.2 Å². The molecule has 2 aliphatic rings. The largest absolute Gasteiger partial charge is 0.450 e. The van der Waals surface area contributed by atoms with Gasteiger partial charge in [0.15, 0.2) is 0 Å². The predicted molar refractivity (Wildman–Crippen MR) is 92.0 cm³/mol. The highest BCUT2D eigenvalue weighted by Crippen LogP contribution is 2.28. The molecule has 7 nitrogen and oxygen atoms in total. The van der Waals surface area contributed by atoms with Gasteiger partial charge in [0.25, 0.3) is 0 Å². The zero-order chi connectivity index (χ0) is 19.6. The monoisotopic (exact) mass is 381 g/mol. The van der Waals surface area contributed by atoms with Crippen molar-refractivity contribution in [1.29, 1.82) is 0 Å². The van der Waals surface area contributed by atoms with Gasteiger partial charge in [-0.15, -0.1) is 0 Å². The first-order chi connectivity index (χ1) is 12.9. The molecule has 2 heterocycles. The summed E-state index contributed by atoms with van der Waals surface area (Å²) in [5.74, 6) is -2.65. The van der Waals surface area contributed by atoms with E-state index in [1.165, 1.54) is 9.80 Å². The Hall–Kier alpha value is -2.71. The van der Waals surface area contributed by atoms with Crippen molar-refractivity contribution in [2.45, 2.75) is 13.3 Å². The van der Waals surface area contributed by atoms with Crippen molar-refractivity contribution in [2.75, 3.05) is 44.2 Å². The molecular weight excluding hydrogens is 360 g/mol. The number of anilines is 1. The Kier molecular flexibility index (Phi) is 5.57. The second kappa shape index (κ2) is 7.89. The normalized spacial score (nSPS) is 20.2. The van der Waals surface area contributed by atoms with E-state index in [4.69, 9.17) is 4.74 Å². The number of amides is 3. The molecule has 2 aliphatic heterocycles. The van der Waals surface area contributed by atoms with E-state index in [0.717, 1.165) is 18.2 Å². The van der Waals surface area contributed by atoms with Crippen molar-refractivity contribution in [1.82, 2.24) is 9.80 Å². The highest BCUT2D eigenvalue weighted by Gasteiger charge is 2.38. The lowest BCUT2D eigenvalue weighted by molar-refractivity contribution is -0.137. The third-order valence-electron chi connectivity index (χ3n) is 4.75.